The molecule has 0 bridgehead atoms. The molecule has 3 aromatic rings. The number of rotatable bonds is 3. The standard InChI is InChI=1S/C20H18BBrP/c1-15-9-3-6-12-18(15)23(21,19-13-7-4-10-16(19)2)20-14-8-5-11-17(20)22/h3-14H,1-2H3/q+1. The summed E-state index contributed by atoms with van der Waals surface area (Å²) in [6.45, 7) is 4.29. The Kier molecular flexibility index (Phi) is 4.76. The van der Waals surface area contributed by atoms with Gasteiger partial charge in [-0.1, -0.05) is 48.5 Å². The lowest BCUT2D eigenvalue weighted by Crippen LogP contribution is -2.34. The van der Waals surface area contributed by atoms with Gasteiger partial charge in [-0.3, -0.25) is 0 Å². The molecule has 112 valence electrons. The third-order valence-electron chi connectivity index (χ3n) is 4.22. The summed E-state index contributed by atoms with van der Waals surface area (Å²) < 4.78 is 1.07. The van der Waals surface area contributed by atoms with E-state index in [-0.39, 0.29) is 0 Å². The second-order valence-corrected chi connectivity index (χ2v) is 9.49. The van der Waals surface area contributed by atoms with E-state index >= 15 is 0 Å². The van der Waals surface area contributed by atoms with Crippen LogP contribution in [0.1, 0.15) is 11.1 Å². The van der Waals surface area contributed by atoms with Crippen molar-refractivity contribution in [3.63, 3.8) is 0 Å². The second-order valence-electron chi connectivity index (χ2n) is 5.75. The number of halogens is 1. The summed E-state index contributed by atoms with van der Waals surface area (Å²) in [4.78, 5) is 0. The molecule has 0 aromatic heterocycles. The van der Waals surface area contributed by atoms with Crippen LogP contribution in [0.4, 0.5) is 0 Å². The van der Waals surface area contributed by atoms with Gasteiger partial charge >= 0.3 is 7.57 Å². The van der Waals surface area contributed by atoms with Crippen LogP contribution in [-0.4, -0.2) is 7.57 Å². The average Bonchev–Trinajstić information content (AvgIpc) is 2.55. The topological polar surface area (TPSA) is 0 Å². The normalized spacial score (nSPS) is 11.4. The van der Waals surface area contributed by atoms with Crippen molar-refractivity contribution in [1.29, 1.82) is 0 Å². The first kappa shape index (κ1) is 16.5. The van der Waals surface area contributed by atoms with Gasteiger partial charge in [-0.05, 0) is 65.2 Å². The Morgan fingerprint density at radius 3 is 1.48 bits per heavy atom. The molecule has 3 heteroatoms. The highest BCUT2D eigenvalue weighted by Gasteiger charge is 2.43. The Labute approximate surface area is 148 Å². The molecule has 0 fully saturated rings. The highest BCUT2D eigenvalue weighted by Crippen LogP contribution is 2.53. The van der Waals surface area contributed by atoms with Gasteiger partial charge in [0.2, 0.25) is 0 Å². The Balaban J connectivity index is 2.38. The van der Waals surface area contributed by atoms with Crippen LogP contribution in [-0.2, 0) is 0 Å². The van der Waals surface area contributed by atoms with E-state index < -0.39 is 7.14 Å². The highest BCUT2D eigenvalue weighted by atomic mass is 79.9. The molecular formula is C20H18BBrP+. The number of benzene rings is 3. The van der Waals surface area contributed by atoms with Gasteiger partial charge in [0, 0.05) is 0 Å². The van der Waals surface area contributed by atoms with E-state index in [1.54, 1.807) is 0 Å². The van der Waals surface area contributed by atoms with Crippen LogP contribution >= 0.6 is 23.1 Å². The molecule has 2 radical (unpaired) electrons. The lowest BCUT2D eigenvalue weighted by atomic mass is 10.2. The minimum Gasteiger partial charge on any atom is -0.0617 e. The molecule has 0 atom stereocenters. The summed E-state index contributed by atoms with van der Waals surface area (Å²) in [7, 11) is 5.06. The first-order chi connectivity index (χ1) is 11.0. The van der Waals surface area contributed by atoms with Crippen LogP contribution in [0.3, 0.4) is 0 Å². The fourth-order valence-electron chi connectivity index (χ4n) is 3.05. The predicted molar refractivity (Wildman–Crippen MR) is 108 cm³/mol. The maximum Gasteiger partial charge on any atom is 0.383 e. The van der Waals surface area contributed by atoms with E-state index in [1.165, 1.54) is 27.0 Å². The van der Waals surface area contributed by atoms with E-state index in [4.69, 9.17) is 7.57 Å². The van der Waals surface area contributed by atoms with Gasteiger partial charge in [-0.2, -0.15) is 0 Å². The quantitative estimate of drug-likeness (QED) is 0.466. The fourth-order valence-corrected chi connectivity index (χ4v) is 7.58. The predicted octanol–water partition coefficient (Wildman–Crippen LogP) is 4.44. The molecule has 0 nitrogen and oxygen atoms in total. The molecule has 0 saturated heterocycles. The van der Waals surface area contributed by atoms with Gasteiger partial charge in [0.15, 0.2) is 0 Å². The maximum absolute atomic E-state index is 7.25. The van der Waals surface area contributed by atoms with Crippen molar-refractivity contribution in [2.45, 2.75) is 13.8 Å². The van der Waals surface area contributed by atoms with E-state index in [9.17, 15) is 0 Å². The summed E-state index contributed by atoms with van der Waals surface area (Å²) in [5, 5.41) is 3.66. The van der Waals surface area contributed by atoms with Crippen LogP contribution in [0.5, 0.6) is 0 Å². The van der Waals surface area contributed by atoms with Crippen LogP contribution in [0.25, 0.3) is 0 Å². The molecule has 0 aliphatic rings. The third kappa shape index (κ3) is 2.91. The van der Waals surface area contributed by atoms with Crippen LogP contribution < -0.4 is 15.9 Å². The smallest absolute Gasteiger partial charge is 0.0617 e. The highest BCUT2D eigenvalue weighted by molar-refractivity contribution is 9.10. The molecule has 0 aliphatic heterocycles. The fraction of sp³-hybridized carbons (Fsp3) is 0.100. The average molecular weight is 380 g/mol. The molecule has 3 rings (SSSR count). The van der Waals surface area contributed by atoms with Crippen molar-refractivity contribution in [2.24, 2.45) is 0 Å². The Morgan fingerprint density at radius 1 is 0.652 bits per heavy atom. The van der Waals surface area contributed by atoms with Gasteiger partial charge in [0.1, 0.15) is 5.30 Å². The van der Waals surface area contributed by atoms with Gasteiger partial charge in [-0.25, -0.2) is 0 Å². The zero-order chi connectivity index (χ0) is 16.4. The van der Waals surface area contributed by atoms with Crippen molar-refractivity contribution in [2.75, 3.05) is 0 Å². The number of hydrogen-bond acceptors (Lipinski definition) is 0. The van der Waals surface area contributed by atoms with E-state index in [0.717, 1.165) is 4.47 Å². The van der Waals surface area contributed by atoms with Crippen LogP contribution in [0, 0.1) is 13.8 Å². The van der Waals surface area contributed by atoms with Gasteiger partial charge in [-0.15, -0.1) is 0 Å². The second kappa shape index (κ2) is 6.63. The first-order valence-corrected chi connectivity index (χ1v) is 10.3. The molecule has 0 amide bonds. The summed E-state index contributed by atoms with van der Waals surface area (Å²) >= 11 is 3.72. The monoisotopic (exact) mass is 379 g/mol. The molecule has 3 aromatic carbocycles. The van der Waals surface area contributed by atoms with Crippen molar-refractivity contribution in [3.05, 3.63) is 88.4 Å². The zero-order valence-electron chi connectivity index (χ0n) is 13.3. The van der Waals surface area contributed by atoms with Crippen LogP contribution in [0.15, 0.2) is 77.3 Å². The molecule has 0 unspecified atom stereocenters. The van der Waals surface area contributed by atoms with E-state index in [0.29, 0.717) is 0 Å². The van der Waals surface area contributed by atoms with Gasteiger partial charge in [0.25, 0.3) is 0 Å². The SMILES string of the molecule is [B][P+](c1ccccc1C)(c1ccccc1C)c1ccccc1Br. The molecule has 0 heterocycles. The molecular weight excluding hydrogens is 362 g/mol. The number of hydrogen-bond donors (Lipinski definition) is 0. The Bertz CT molecular complexity index is 733. The van der Waals surface area contributed by atoms with E-state index in [1.807, 2.05) is 6.07 Å². The summed E-state index contributed by atoms with van der Waals surface area (Å²) in [6.07, 6.45) is 0. The molecule has 23 heavy (non-hydrogen) atoms. The molecule has 0 saturated carbocycles. The van der Waals surface area contributed by atoms with E-state index in [2.05, 4.69) is 96.5 Å². The lowest BCUT2D eigenvalue weighted by Gasteiger charge is -2.27. The summed E-state index contributed by atoms with van der Waals surface area (Å²) in [6, 6.07) is 25.3. The molecule has 0 aliphatic carbocycles. The van der Waals surface area contributed by atoms with Crippen molar-refractivity contribution < 1.29 is 0 Å². The van der Waals surface area contributed by atoms with Crippen molar-refractivity contribution in [3.8, 4) is 0 Å². The van der Waals surface area contributed by atoms with Gasteiger partial charge in [0.05, 0.1) is 22.2 Å². The minimum atomic E-state index is -2.19. The summed E-state index contributed by atoms with van der Waals surface area (Å²) in [5.74, 6) is 0. The largest absolute Gasteiger partial charge is 0.383 e. The number of aryl methyl sites for hydroxylation is 2. The van der Waals surface area contributed by atoms with Crippen molar-refractivity contribution >= 4 is 46.6 Å². The maximum atomic E-state index is 7.25. The Hall–Kier alpha value is -1.37. The molecule has 0 spiro atoms. The van der Waals surface area contributed by atoms with Gasteiger partial charge < -0.3 is 0 Å². The molecule has 0 N–H and O–H groups in total. The van der Waals surface area contributed by atoms with Crippen molar-refractivity contribution in [1.82, 2.24) is 0 Å². The summed E-state index contributed by atoms with van der Waals surface area (Å²) in [5.41, 5.74) is 2.48. The lowest BCUT2D eigenvalue weighted by molar-refractivity contribution is 1.50. The Morgan fingerprint density at radius 2 is 1.04 bits per heavy atom. The van der Waals surface area contributed by atoms with Crippen LogP contribution in [0.2, 0.25) is 0 Å². The minimum absolute atomic E-state index is 1.07. The first-order valence-electron chi connectivity index (χ1n) is 7.60. The zero-order valence-corrected chi connectivity index (χ0v) is 15.8. The third-order valence-corrected chi connectivity index (χ3v) is 8.89.